The number of carbonyl (C=O) groups excluding carboxylic acids is 3. The molecule has 0 radical (unpaired) electrons. The number of nitrogens with one attached hydrogen (secondary N) is 3. The summed E-state index contributed by atoms with van der Waals surface area (Å²) >= 11 is 0. The van der Waals surface area contributed by atoms with Crippen LogP contribution in [0.25, 0.3) is 0 Å². The molecule has 5 N–H and O–H groups in total. The van der Waals surface area contributed by atoms with E-state index in [0.29, 0.717) is 17.1 Å². The van der Waals surface area contributed by atoms with Gasteiger partial charge in [0.2, 0.25) is 11.8 Å². The van der Waals surface area contributed by atoms with Gasteiger partial charge in [0.15, 0.2) is 0 Å². The van der Waals surface area contributed by atoms with E-state index in [1.165, 1.54) is 0 Å². The van der Waals surface area contributed by atoms with Crippen LogP contribution in [0, 0.1) is 0 Å². The molecule has 0 unspecified atom stereocenters. The van der Waals surface area contributed by atoms with Gasteiger partial charge in [-0.1, -0.05) is 30.3 Å². The Bertz CT molecular complexity index is 878. The van der Waals surface area contributed by atoms with Crippen molar-refractivity contribution in [1.82, 2.24) is 16.0 Å². The first-order valence-electron chi connectivity index (χ1n) is 9.59. The molecule has 0 saturated heterocycles. The molecule has 160 valence electrons. The molecule has 4 amide bonds. The first kappa shape index (κ1) is 22.7. The number of rotatable bonds is 8. The molecule has 8 heteroatoms. The highest BCUT2D eigenvalue weighted by atomic mass is 16.5. The Labute approximate surface area is 176 Å². The molecule has 0 heterocycles. The van der Waals surface area contributed by atoms with Gasteiger partial charge in [-0.15, -0.1) is 0 Å². The minimum Gasteiger partial charge on any atom is -0.457 e. The van der Waals surface area contributed by atoms with E-state index in [1.807, 2.05) is 51.1 Å². The van der Waals surface area contributed by atoms with Crippen molar-refractivity contribution in [3.05, 3.63) is 60.2 Å². The second kappa shape index (κ2) is 10.3. The van der Waals surface area contributed by atoms with E-state index >= 15 is 0 Å². The lowest BCUT2D eigenvalue weighted by molar-refractivity contribution is -0.127. The fourth-order valence-electron chi connectivity index (χ4n) is 2.74. The van der Waals surface area contributed by atoms with Gasteiger partial charge in [0.25, 0.3) is 0 Å². The average Bonchev–Trinajstić information content (AvgIpc) is 2.65. The quantitative estimate of drug-likeness (QED) is 0.532. The van der Waals surface area contributed by atoms with Gasteiger partial charge < -0.3 is 26.4 Å². The van der Waals surface area contributed by atoms with Crippen LogP contribution in [0.1, 0.15) is 38.8 Å². The van der Waals surface area contributed by atoms with Crippen molar-refractivity contribution >= 4 is 17.8 Å². The number of carbonyl (C=O) groups is 3. The third-order valence-corrected chi connectivity index (χ3v) is 3.91. The topological polar surface area (TPSA) is 123 Å². The van der Waals surface area contributed by atoms with E-state index in [0.717, 1.165) is 0 Å². The maximum absolute atomic E-state index is 12.3. The van der Waals surface area contributed by atoms with Crippen LogP contribution < -0.4 is 26.4 Å². The molecule has 0 aliphatic rings. The number of benzene rings is 2. The number of nitrogens with two attached hydrogens (primary N) is 1. The van der Waals surface area contributed by atoms with Gasteiger partial charge in [0.05, 0.1) is 19.0 Å². The van der Waals surface area contributed by atoms with Gasteiger partial charge in [-0.2, -0.15) is 0 Å². The molecule has 0 aliphatic heterocycles. The highest BCUT2D eigenvalue weighted by Gasteiger charge is 2.20. The molecule has 1 atom stereocenters. The van der Waals surface area contributed by atoms with Crippen molar-refractivity contribution in [2.75, 3.05) is 6.54 Å². The standard InChI is InChI=1S/C22H28N4O4/c1-22(2,3)26-20(28)14-24-19(27)13-18(25-21(23)29)15-8-7-11-17(12-15)30-16-9-5-4-6-10-16/h4-12,18H,13-14H2,1-3H3,(H,24,27)(H,26,28)(H3,23,25,29)/t18-/m1/s1. The van der Waals surface area contributed by atoms with Gasteiger partial charge in [-0.3, -0.25) is 9.59 Å². The predicted molar refractivity (Wildman–Crippen MR) is 114 cm³/mol. The van der Waals surface area contributed by atoms with E-state index < -0.39 is 23.5 Å². The Hall–Kier alpha value is -3.55. The van der Waals surface area contributed by atoms with Gasteiger partial charge >= 0.3 is 6.03 Å². The zero-order chi connectivity index (χ0) is 22.1. The van der Waals surface area contributed by atoms with Crippen LogP contribution >= 0.6 is 0 Å². The fourth-order valence-corrected chi connectivity index (χ4v) is 2.74. The lowest BCUT2D eigenvalue weighted by atomic mass is 10.0. The second-order valence-corrected chi connectivity index (χ2v) is 7.83. The second-order valence-electron chi connectivity index (χ2n) is 7.83. The maximum Gasteiger partial charge on any atom is 0.312 e. The Morgan fingerprint density at radius 1 is 0.967 bits per heavy atom. The number of amides is 4. The van der Waals surface area contributed by atoms with Crippen molar-refractivity contribution < 1.29 is 19.1 Å². The highest BCUT2D eigenvalue weighted by molar-refractivity contribution is 5.85. The molecule has 0 saturated carbocycles. The Morgan fingerprint density at radius 3 is 2.27 bits per heavy atom. The molecular formula is C22H28N4O4. The van der Waals surface area contributed by atoms with Crippen molar-refractivity contribution in [2.24, 2.45) is 5.73 Å². The number of hydrogen-bond donors (Lipinski definition) is 4. The summed E-state index contributed by atoms with van der Waals surface area (Å²) in [6.45, 7) is 5.40. The highest BCUT2D eigenvalue weighted by Crippen LogP contribution is 2.25. The maximum atomic E-state index is 12.3. The van der Waals surface area contributed by atoms with E-state index in [4.69, 9.17) is 10.5 Å². The lowest BCUT2D eigenvalue weighted by Crippen LogP contribution is -2.46. The smallest absolute Gasteiger partial charge is 0.312 e. The van der Waals surface area contributed by atoms with Crippen molar-refractivity contribution in [3.8, 4) is 11.5 Å². The minimum atomic E-state index is -0.757. The molecule has 2 aromatic rings. The largest absolute Gasteiger partial charge is 0.457 e. The number of urea groups is 1. The SMILES string of the molecule is CC(C)(C)NC(=O)CNC(=O)C[C@@H](NC(N)=O)c1cccc(Oc2ccccc2)c1. The Morgan fingerprint density at radius 2 is 1.63 bits per heavy atom. The molecule has 2 rings (SSSR count). The van der Waals surface area contributed by atoms with Crippen LogP contribution in [0.15, 0.2) is 54.6 Å². The fraction of sp³-hybridized carbons (Fsp3) is 0.318. The summed E-state index contributed by atoms with van der Waals surface area (Å²) in [4.78, 5) is 35.7. The van der Waals surface area contributed by atoms with E-state index in [9.17, 15) is 14.4 Å². The first-order chi connectivity index (χ1) is 14.1. The summed E-state index contributed by atoms with van der Waals surface area (Å²) in [5, 5.41) is 7.89. The third kappa shape index (κ3) is 8.22. The summed E-state index contributed by atoms with van der Waals surface area (Å²) in [6.07, 6.45) is -0.0828. The summed E-state index contributed by atoms with van der Waals surface area (Å²) in [7, 11) is 0. The predicted octanol–water partition coefficient (Wildman–Crippen LogP) is 2.61. The van der Waals surface area contributed by atoms with Gasteiger partial charge in [0, 0.05) is 5.54 Å². The van der Waals surface area contributed by atoms with Crippen LogP contribution in [0.3, 0.4) is 0 Å². The Kier molecular flexibility index (Phi) is 7.80. The van der Waals surface area contributed by atoms with Crippen LogP contribution in [-0.2, 0) is 9.59 Å². The summed E-state index contributed by atoms with van der Waals surface area (Å²) < 4.78 is 5.81. The molecule has 2 aromatic carbocycles. The molecule has 0 fully saturated rings. The third-order valence-electron chi connectivity index (χ3n) is 3.91. The molecule has 0 bridgehead atoms. The first-order valence-corrected chi connectivity index (χ1v) is 9.59. The molecule has 0 aliphatic carbocycles. The van der Waals surface area contributed by atoms with Crippen LogP contribution in [-0.4, -0.2) is 29.9 Å². The number of ether oxygens (including phenoxy) is 1. The van der Waals surface area contributed by atoms with Crippen LogP contribution in [0.2, 0.25) is 0 Å². The van der Waals surface area contributed by atoms with E-state index in [1.54, 1.807) is 24.3 Å². The monoisotopic (exact) mass is 412 g/mol. The van der Waals surface area contributed by atoms with Crippen molar-refractivity contribution in [3.63, 3.8) is 0 Å². The van der Waals surface area contributed by atoms with Crippen LogP contribution in [0.4, 0.5) is 4.79 Å². The lowest BCUT2D eigenvalue weighted by Gasteiger charge is -2.21. The van der Waals surface area contributed by atoms with E-state index in [2.05, 4.69) is 16.0 Å². The number of hydrogen-bond acceptors (Lipinski definition) is 4. The summed E-state index contributed by atoms with van der Waals surface area (Å²) in [6, 6.07) is 14.8. The van der Waals surface area contributed by atoms with Crippen LogP contribution in [0.5, 0.6) is 11.5 Å². The number of primary amides is 1. The average molecular weight is 412 g/mol. The summed E-state index contributed by atoms with van der Waals surface area (Å²) in [5.74, 6) is 0.525. The number of para-hydroxylation sites is 1. The zero-order valence-electron chi connectivity index (χ0n) is 17.4. The molecule has 0 aromatic heterocycles. The molecule has 30 heavy (non-hydrogen) atoms. The van der Waals surface area contributed by atoms with E-state index in [-0.39, 0.29) is 18.9 Å². The molecule has 0 spiro atoms. The van der Waals surface area contributed by atoms with Gasteiger partial charge in [-0.25, -0.2) is 4.79 Å². The summed E-state index contributed by atoms with van der Waals surface area (Å²) in [5.41, 5.74) is 5.54. The molecule has 8 nitrogen and oxygen atoms in total. The Balaban J connectivity index is 2.04. The van der Waals surface area contributed by atoms with Crippen molar-refractivity contribution in [2.45, 2.75) is 38.8 Å². The zero-order valence-corrected chi connectivity index (χ0v) is 17.4. The normalized spacial score (nSPS) is 11.8. The van der Waals surface area contributed by atoms with Gasteiger partial charge in [0.1, 0.15) is 11.5 Å². The van der Waals surface area contributed by atoms with Gasteiger partial charge in [-0.05, 0) is 50.6 Å². The van der Waals surface area contributed by atoms with Crippen molar-refractivity contribution in [1.29, 1.82) is 0 Å². The molecular weight excluding hydrogens is 384 g/mol. The minimum absolute atomic E-state index is 0.0828.